The molecule has 9 heteroatoms. The molecule has 3 aromatic carbocycles. The summed E-state index contributed by atoms with van der Waals surface area (Å²) in [7, 11) is -3.73. The number of anilines is 1. The minimum absolute atomic E-state index is 0.100. The Balaban J connectivity index is 1.28. The molecule has 1 aliphatic rings. The molecule has 3 aromatic rings. The van der Waals surface area contributed by atoms with Gasteiger partial charge in [0.05, 0.1) is 16.9 Å². The van der Waals surface area contributed by atoms with Gasteiger partial charge in [0.25, 0.3) is 5.91 Å². The summed E-state index contributed by atoms with van der Waals surface area (Å²) in [6.45, 7) is 3.66. The second kappa shape index (κ2) is 11.1. The quantitative estimate of drug-likeness (QED) is 0.363. The van der Waals surface area contributed by atoms with Crippen molar-refractivity contribution in [3.8, 4) is 5.75 Å². The highest BCUT2D eigenvalue weighted by atomic mass is 32.2. The lowest BCUT2D eigenvalue weighted by Crippen LogP contribution is -2.26. The summed E-state index contributed by atoms with van der Waals surface area (Å²) in [5.41, 5.74) is 1.76. The number of rotatable bonds is 11. The summed E-state index contributed by atoms with van der Waals surface area (Å²) >= 11 is 0. The average Bonchev–Trinajstić information content (AvgIpc) is 3.71. The van der Waals surface area contributed by atoms with Crippen molar-refractivity contribution in [1.82, 2.24) is 4.72 Å². The third kappa shape index (κ3) is 6.36. The van der Waals surface area contributed by atoms with Gasteiger partial charge in [-0.1, -0.05) is 42.5 Å². The zero-order valence-electron chi connectivity index (χ0n) is 20.8. The minimum Gasteiger partial charge on any atom is -0.484 e. The number of sulfonamides is 1. The van der Waals surface area contributed by atoms with Crippen LogP contribution in [0.2, 0.25) is 0 Å². The van der Waals surface area contributed by atoms with E-state index in [0.717, 1.165) is 24.0 Å². The topological polar surface area (TPSA) is 111 Å². The number of carbonyl (C=O) groups excluding carboxylic acids is 2. The van der Waals surface area contributed by atoms with Gasteiger partial charge in [-0.05, 0) is 74.2 Å². The number of hydrogen-bond acceptors (Lipinski definition) is 6. The highest BCUT2D eigenvalue weighted by molar-refractivity contribution is 7.89. The molecule has 1 fully saturated rings. The maximum atomic E-state index is 12.7. The fourth-order valence-corrected chi connectivity index (χ4v) is 5.28. The van der Waals surface area contributed by atoms with Crippen LogP contribution in [0.4, 0.5) is 5.69 Å². The molecule has 8 nitrogen and oxygen atoms in total. The molecule has 0 radical (unpaired) electrons. The zero-order valence-corrected chi connectivity index (χ0v) is 21.6. The van der Waals surface area contributed by atoms with E-state index >= 15 is 0 Å². The van der Waals surface area contributed by atoms with Crippen molar-refractivity contribution in [2.24, 2.45) is 0 Å². The third-order valence-corrected chi connectivity index (χ3v) is 7.83. The molecular formula is C28H30N2O6S. The van der Waals surface area contributed by atoms with E-state index in [1.165, 1.54) is 24.3 Å². The van der Waals surface area contributed by atoms with Crippen LogP contribution in [-0.2, 0) is 29.8 Å². The van der Waals surface area contributed by atoms with Gasteiger partial charge in [-0.3, -0.25) is 9.59 Å². The van der Waals surface area contributed by atoms with E-state index in [0.29, 0.717) is 18.0 Å². The summed E-state index contributed by atoms with van der Waals surface area (Å²) in [4.78, 5) is 24.7. The van der Waals surface area contributed by atoms with Crippen molar-refractivity contribution >= 4 is 27.6 Å². The van der Waals surface area contributed by atoms with Crippen LogP contribution in [0.25, 0.3) is 0 Å². The van der Waals surface area contributed by atoms with Crippen molar-refractivity contribution in [3.05, 3.63) is 90.0 Å². The maximum absolute atomic E-state index is 12.7. The van der Waals surface area contributed by atoms with Crippen LogP contribution in [-0.4, -0.2) is 33.5 Å². The van der Waals surface area contributed by atoms with Crippen LogP contribution in [0.3, 0.4) is 0 Å². The number of nitrogens with one attached hydrogen (secondary N) is 2. The molecule has 37 heavy (non-hydrogen) atoms. The van der Waals surface area contributed by atoms with Crippen molar-refractivity contribution in [1.29, 1.82) is 0 Å². The molecule has 2 N–H and O–H groups in total. The molecule has 1 unspecified atom stereocenters. The van der Waals surface area contributed by atoms with E-state index < -0.39 is 15.4 Å². The Kier molecular flexibility index (Phi) is 7.94. The second-order valence-corrected chi connectivity index (χ2v) is 10.7. The Hall–Kier alpha value is -3.69. The Bertz CT molecular complexity index is 1340. The lowest BCUT2D eigenvalue weighted by Gasteiger charge is -2.15. The van der Waals surface area contributed by atoms with Crippen LogP contribution >= 0.6 is 0 Å². The predicted octanol–water partition coefficient (Wildman–Crippen LogP) is 4.34. The predicted molar refractivity (Wildman–Crippen MR) is 140 cm³/mol. The number of carbonyl (C=O) groups is 2. The molecule has 1 atom stereocenters. The van der Waals surface area contributed by atoms with Crippen LogP contribution in [0.5, 0.6) is 5.75 Å². The standard InChI is InChI=1S/C28H30N2O6S/c1-3-35-27(32)28(17-18-28)22-9-11-23(12-10-22)29-26(31)19-36-24-13-15-25(16-14-24)37(33,34)30-20(2)21-7-5-4-6-8-21/h4-16,20,30H,3,17-19H2,1-2H3,(H,29,31). The molecule has 1 saturated carbocycles. The van der Waals surface area contributed by atoms with Gasteiger partial charge in [-0.2, -0.15) is 0 Å². The monoisotopic (exact) mass is 522 g/mol. The Morgan fingerprint density at radius 1 is 0.946 bits per heavy atom. The Morgan fingerprint density at radius 2 is 1.59 bits per heavy atom. The summed E-state index contributed by atoms with van der Waals surface area (Å²) in [6, 6.07) is 21.9. The summed E-state index contributed by atoms with van der Waals surface area (Å²) in [5.74, 6) is -0.208. The molecular weight excluding hydrogens is 492 g/mol. The Labute approximate surface area is 217 Å². The number of benzene rings is 3. The molecule has 0 aromatic heterocycles. The van der Waals surface area contributed by atoms with Gasteiger partial charge < -0.3 is 14.8 Å². The molecule has 0 aliphatic heterocycles. The molecule has 0 bridgehead atoms. The fraction of sp³-hybridized carbons (Fsp3) is 0.286. The second-order valence-electron chi connectivity index (χ2n) is 8.94. The third-order valence-electron chi connectivity index (χ3n) is 6.27. The first kappa shape index (κ1) is 26.4. The Morgan fingerprint density at radius 3 is 2.19 bits per heavy atom. The van der Waals surface area contributed by atoms with Gasteiger partial charge in [0, 0.05) is 11.7 Å². The molecule has 0 spiro atoms. The van der Waals surface area contributed by atoms with Crippen LogP contribution in [0.15, 0.2) is 83.8 Å². The first-order chi connectivity index (χ1) is 17.7. The number of hydrogen-bond donors (Lipinski definition) is 2. The van der Waals surface area contributed by atoms with Crippen molar-refractivity contribution in [2.75, 3.05) is 18.5 Å². The molecule has 0 heterocycles. The van der Waals surface area contributed by atoms with Crippen molar-refractivity contribution < 1.29 is 27.5 Å². The summed E-state index contributed by atoms with van der Waals surface area (Å²) < 4.78 is 38.8. The molecule has 194 valence electrons. The highest BCUT2D eigenvalue weighted by Crippen LogP contribution is 2.49. The summed E-state index contributed by atoms with van der Waals surface area (Å²) in [6.07, 6.45) is 1.52. The van der Waals surface area contributed by atoms with Crippen LogP contribution < -0.4 is 14.8 Å². The largest absolute Gasteiger partial charge is 0.484 e. The number of esters is 1. The van der Waals surface area contributed by atoms with Gasteiger partial charge in [0.1, 0.15) is 5.75 Å². The molecule has 1 amide bonds. The van der Waals surface area contributed by atoms with Crippen LogP contribution in [0, 0.1) is 0 Å². The molecule has 1 aliphatic carbocycles. The lowest BCUT2D eigenvalue weighted by atomic mass is 9.96. The lowest BCUT2D eigenvalue weighted by molar-refractivity contribution is -0.146. The fourth-order valence-electron chi connectivity index (χ4n) is 4.05. The molecule has 4 rings (SSSR count). The van der Waals surface area contributed by atoms with Crippen LogP contribution in [0.1, 0.15) is 43.9 Å². The van der Waals surface area contributed by atoms with Gasteiger partial charge in [-0.15, -0.1) is 0 Å². The normalized spacial score (nSPS) is 14.9. The first-order valence-corrected chi connectivity index (χ1v) is 13.6. The average molecular weight is 523 g/mol. The van der Waals surface area contributed by atoms with Crippen molar-refractivity contribution in [3.63, 3.8) is 0 Å². The maximum Gasteiger partial charge on any atom is 0.316 e. The van der Waals surface area contributed by atoms with E-state index in [4.69, 9.17) is 9.47 Å². The van der Waals surface area contributed by atoms with Gasteiger partial charge in [-0.25, -0.2) is 13.1 Å². The van der Waals surface area contributed by atoms with E-state index in [-0.39, 0.29) is 29.4 Å². The van der Waals surface area contributed by atoms with E-state index in [9.17, 15) is 18.0 Å². The van der Waals surface area contributed by atoms with E-state index in [1.54, 1.807) is 26.0 Å². The van der Waals surface area contributed by atoms with Gasteiger partial charge in [0.15, 0.2) is 6.61 Å². The first-order valence-electron chi connectivity index (χ1n) is 12.1. The zero-order chi connectivity index (χ0) is 26.5. The molecule has 0 saturated heterocycles. The highest BCUT2D eigenvalue weighted by Gasteiger charge is 2.52. The minimum atomic E-state index is -3.73. The van der Waals surface area contributed by atoms with E-state index in [1.807, 2.05) is 42.5 Å². The smallest absolute Gasteiger partial charge is 0.316 e. The number of amides is 1. The SMILES string of the molecule is CCOC(=O)C1(c2ccc(NC(=O)COc3ccc(S(=O)(=O)NC(C)c4ccccc4)cc3)cc2)CC1. The number of ether oxygens (including phenoxy) is 2. The van der Waals surface area contributed by atoms with E-state index in [2.05, 4.69) is 10.0 Å². The summed E-state index contributed by atoms with van der Waals surface area (Å²) in [5, 5.41) is 2.75. The van der Waals surface area contributed by atoms with Gasteiger partial charge >= 0.3 is 5.97 Å². The van der Waals surface area contributed by atoms with Gasteiger partial charge in [0.2, 0.25) is 10.0 Å². The van der Waals surface area contributed by atoms with Crippen molar-refractivity contribution in [2.45, 2.75) is 43.0 Å².